The van der Waals surface area contributed by atoms with Crippen LogP contribution in [-0.4, -0.2) is 21.0 Å². The maximum absolute atomic E-state index is 12.0. The lowest BCUT2D eigenvalue weighted by Crippen LogP contribution is -2.56. The molecular weight excluding hydrogens is 504 g/mol. The molecule has 0 saturated carbocycles. The van der Waals surface area contributed by atoms with Crippen molar-refractivity contribution in [3.05, 3.63) is 27.8 Å². The maximum Gasteiger partial charge on any atom is 0.228 e. The van der Waals surface area contributed by atoms with Crippen LogP contribution >= 0.6 is 69.6 Å². The SMILES string of the molecule is CCCCCC(=O)N[C@@H](NC(=S)Nc1ccc(I)cc1)C(Cl)(Cl)Cl. The predicted molar refractivity (Wildman–Crippen MR) is 115 cm³/mol. The number of hydrogen-bond acceptors (Lipinski definition) is 2. The summed E-state index contributed by atoms with van der Waals surface area (Å²) in [7, 11) is 0. The zero-order valence-electron chi connectivity index (χ0n) is 13.0. The molecule has 0 unspecified atom stereocenters. The lowest BCUT2D eigenvalue weighted by molar-refractivity contribution is -0.122. The highest BCUT2D eigenvalue weighted by molar-refractivity contribution is 14.1. The van der Waals surface area contributed by atoms with Gasteiger partial charge in [0.2, 0.25) is 9.70 Å². The van der Waals surface area contributed by atoms with Gasteiger partial charge in [0.05, 0.1) is 0 Å². The Morgan fingerprint density at radius 3 is 2.38 bits per heavy atom. The van der Waals surface area contributed by atoms with Crippen molar-refractivity contribution >= 4 is 86.3 Å². The van der Waals surface area contributed by atoms with Crippen LogP contribution in [0.2, 0.25) is 0 Å². The number of carbonyl (C=O) groups is 1. The molecule has 134 valence electrons. The molecule has 0 spiro atoms. The number of benzene rings is 1. The van der Waals surface area contributed by atoms with E-state index >= 15 is 0 Å². The fraction of sp³-hybridized carbons (Fsp3) is 0.467. The standard InChI is InChI=1S/C15H19Cl3IN3OS/c1-2-3-4-5-12(23)21-13(15(16,17)18)22-14(24)20-11-8-6-10(19)7-9-11/h6-9,13H,2-5H2,1H3,(H,21,23)(H2,20,22,24)/t13-/m0/s1. The van der Waals surface area contributed by atoms with Crippen molar-refractivity contribution in [2.75, 3.05) is 5.32 Å². The van der Waals surface area contributed by atoms with Gasteiger partial charge in [-0.25, -0.2) is 0 Å². The molecule has 1 aromatic rings. The number of nitrogens with one attached hydrogen (secondary N) is 3. The lowest BCUT2D eigenvalue weighted by atomic mass is 10.2. The van der Waals surface area contributed by atoms with Crippen molar-refractivity contribution in [1.29, 1.82) is 0 Å². The molecule has 0 bridgehead atoms. The van der Waals surface area contributed by atoms with Gasteiger partial charge in [0.15, 0.2) is 5.11 Å². The maximum atomic E-state index is 12.0. The van der Waals surface area contributed by atoms with E-state index < -0.39 is 9.96 Å². The molecule has 1 rings (SSSR count). The van der Waals surface area contributed by atoms with Gasteiger partial charge in [-0.3, -0.25) is 4.79 Å². The molecule has 0 aliphatic rings. The van der Waals surface area contributed by atoms with E-state index in [4.69, 9.17) is 47.0 Å². The minimum Gasteiger partial charge on any atom is -0.339 e. The second kappa shape index (κ2) is 10.9. The van der Waals surface area contributed by atoms with E-state index in [1.807, 2.05) is 24.3 Å². The van der Waals surface area contributed by atoms with Gasteiger partial charge < -0.3 is 16.0 Å². The summed E-state index contributed by atoms with van der Waals surface area (Å²) in [6.07, 6.45) is 2.25. The van der Waals surface area contributed by atoms with E-state index in [-0.39, 0.29) is 11.0 Å². The number of amides is 1. The number of thiocarbonyl (C=S) groups is 1. The number of halogens is 4. The number of unbranched alkanes of at least 4 members (excludes halogenated alkanes) is 2. The summed E-state index contributed by atoms with van der Waals surface area (Å²) < 4.78 is -0.631. The van der Waals surface area contributed by atoms with Gasteiger partial charge in [-0.15, -0.1) is 0 Å². The summed E-state index contributed by atoms with van der Waals surface area (Å²) in [4.78, 5) is 12.0. The first-order chi connectivity index (χ1) is 11.2. The Hall–Kier alpha value is -0.0200. The lowest BCUT2D eigenvalue weighted by Gasteiger charge is -2.27. The zero-order valence-corrected chi connectivity index (χ0v) is 18.3. The van der Waals surface area contributed by atoms with E-state index in [0.717, 1.165) is 28.5 Å². The average Bonchev–Trinajstić information content (AvgIpc) is 2.48. The Morgan fingerprint density at radius 2 is 1.83 bits per heavy atom. The Balaban J connectivity index is 2.60. The molecule has 3 N–H and O–H groups in total. The second-order valence-corrected chi connectivity index (χ2v) is 9.13. The summed E-state index contributed by atoms with van der Waals surface area (Å²) >= 11 is 25.2. The molecule has 1 atom stereocenters. The molecule has 1 amide bonds. The Kier molecular flexibility index (Phi) is 9.96. The third-order valence-corrected chi connectivity index (χ3v) is 4.61. The highest BCUT2D eigenvalue weighted by Gasteiger charge is 2.34. The van der Waals surface area contributed by atoms with Crippen LogP contribution in [0.5, 0.6) is 0 Å². The van der Waals surface area contributed by atoms with Gasteiger partial charge in [-0.2, -0.15) is 0 Å². The van der Waals surface area contributed by atoms with Crippen LogP contribution in [-0.2, 0) is 4.79 Å². The van der Waals surface area contributed by atoms with Crippen molar-refractivity contribution in [2.45, 2.75) is 42.6 Å². The van der Waals surface area contributed by atoms with Gasteiger partial charge in [0.1, 0.15) is 6.17 Å². The monoisotopic (exact) mass is 521 g/mol. The second-order valence-electron chi connectivity index (χ2n) is 5.10. The molecular formula is C15H19Cl3IN3OS. The Morgan fingerprint density at radius 1 is 1.21 bits per heavy atom. The smallest absolute Gasteiger partial charge is 0.228 e. The molecule has 0 fully saturated rings. The van der Waals surface area contributed by atoms with Crippen LogP contribution in [0.15, 0.2) is 24.3 Å². The number of carbonyl (C=O) groups excluding carboxylic acids is 1. The molecule has 4 nitrogen and oxygen atoms in total. The van der Waals surface area contributed by atoms with Crippen molar-refractivity contribution in [3.8, 4) is 0 Å². The van der Waals surface area contributed by atoms with Gasteiger partial charge in [0.25, 0.3) is 0 Å². The third kappa shape index (κ3) is 8.89. The quantitative estimate of drug-likeness (QED) is 0.156. The predicted octanol–water partition coefficient (Wildman–Crippen LogP) is 4.97. The van der Waals surface area contributed by atoms with E-state index in [1.165, 1.54) is 0 Å². The van der Waals surface area contributed by atoms with Crippen molar-refractivity contribution in [2.24, 2.45) is 0 Å². The minimum absolute atomic E-state index is 0.190. The van der Waals surface area contributed by atoms with E-state index in [1.54, 1.807) is 0 Å². The Bertz CT molecular complexity index is 552. The van der Waals surface area contributed by atoms with Crippen molar-refractivity contribution < 1.29 is 4.79 Å². The topological polar surface area (TPSA) is 53.2 Å². The first kappa shape index (κ1) is 22.0. The number of alkyl halides is 3. The van der Waals surface area contributed by atoms with Crippen LogP contribution in [0.4, 0.5) is 5.69 Å². The summed E-state index contributed by atoms with van der Waals surface area (Å²) in [6, 6.07) is 7.63. The molecule has 0 saturated heterocycles. The number of anilines is 1. The fourth-order valence-electron chi connectivity index (χ4n) is 1.80. The first-order valence-corrected chi connectivity index (χ1v) is 10.0. The fourth-order valence-corrected chi connectivity index (χ4v) is 2.72. The van der Waals surface area contributed by atoms with Gasteiger partial charge in [-0.05, 0) is 65.5 Å². The molecule has 0 heterocycles. The highest BCUT2D eigenvalue weighted by Crippen LogP contribution is 2.29. The summed E-state index contributed by atoms with van der Waals surface area (Å²) in [5.41, 5.74) is 0.797. The normalized spacial score (nSPS) is 12.4. The molecule has 24 heavy (non-hydrogen) atoms. The number of rotatable bonds is 7. The van der Waals surface area contributed by atoms with Crippen molar-refractivity contribution in [3.63, 3.8) is 0 Å². The van der Waals surface area contributed by atoms with Gasteiger partial charge in [-0.1, -0.05) is 54.6 Å². The summed E-state index contributed by atoms with van der Waals surface area (Å²) in [5, 5.41) is 8.74. The molecule has 0 aromatic heterocycles. The minimum atomic E-state index is -1.74. The molecule has 0 aliphatic carbocycles. The van der Waals surface area contributed by atoms with Crippen LogP contribution in [0.3, 0.4) is 0 Å². The van der Waals surface area contributed by atoms with Crippen molar-refractivity contribution in [1.82, 2.24) is 10.6 Å². The van der Waals surface area contributed by atoms with E-state index in [9.17, 15) is 4.79 Å². The molecule has 0 radical (unpaired) electrons. The van der Waals surface area contributed by atoms with Crippen LogP contribution in [0, 0.1) is 3.57 Å². The van der Waals surface area contributed by atoms with Gasteiger partial charge >= 0.3 is 0 Å². The van der Waals surface area contributed by atoms with Crippen LogP contribution in [0.25, 0.3) is 0 Å². The van der Waals surface area contributed by atoms with E-state index in [0.29, 0.717) is 6.42 Å². The zero-order chi connectivity index (χ0) is 18.2. The first-order valence-electron chi connectivity index (χ1n) is 7.41. The number of hydrogen-bond donors (Lipinski definition) is 3. The molecule has 9 heteroatoms. The average molecular weight is 523 g/mol. The van der Waals surface area contributed by atoms with Crippen LogP contribution in [0.1, 0.15) is 32.6 Å². The van der Waals surface area contributed by atoms with Crippen LogP contribution < -0.4 is 16.0 Å². The summed E-state index contributed by atoms with van der Waals surface area (Å²) in [6.45, 7) is 2.07. The highest BCUT2D eigenvalue weighted by atomic mass is 127. The summed E-state index contributed by atoms with van der Waals surface area (Å²) in [5.74, 6) is -0.190. The Labute approximate surface area is 176 Å². The third-order valence-electron chi connectivity index (χ3n) is 3.02. The van der Waals surface area contributed by atoms with Gasteiger partial charge in [0, 0.05) is 15.7 Å². The molecule has 1 aromatic carbocycles. The molecule has 0 aliphatic heterocycles. The van der Waals surface area contributed by atoms with E-state index in [2.05, 4.69) is 45.5 Å². The largest absolute Gasteiger partial charge is 0.339 e.